The van der Waals surface area contributed by atoms with E-state index in [9.17, 15) is 18.5 Å². The van der Waals surface area contributed by atoms with Gasteiger partial charge in [-0.15, -0.1) is 5.10 Å². The third-order valence-electron chi connectivity index (χ3n) is 3.32. The van der Waals surface area contributed by atoms with Crippen molar-refractivity contribution in [3.8, 4) is 6.01 Å². The number of benzene rings is 1. The Morgan fingerprint density at radius 3 is 2.46 bits per heavy atom. The normalized spacial score (nSPS) is 12.8. The topological polar surface area (TPSA) is 129 Å². The van der Waals surface area contributed by atoms with Crippen LogP contribution in [0.15, 0.2) is 29.2 Å². The second-order valence-corrected chi connectivity index (χ2v) is 6.60. The number of ether oxygens (including phenoxy) is 1. The average molecular weight is 355 g/mol. The fourth-order valence-electron chi connectivity index (χ4n) is 2.17. The van der Waals surface area contributed by atoms with Gasteiger partial charge in [-0.1, -0.05) is 5.10 Å². The summed E-state index contributed by atoms with van der Waals surface area (Å²) in [5.41, 5.74) is -0.183. The van der Waals surface area contributed by atoms with Crippen molar-refractivity contribution in [3.63, 3.8) is 0 Å². The van der Waals surface area contributed by atoms with Crippen molar-refractivity contribution in [2.75, 3.05) is 7.11 Å². The lowest BCUT2D eigenvalue weighted by Gasteiger charge is -2.15. The minimum Gasteiger partial charge on any atom is -0.467 e. The Kier molecular flexibility index (Phi) is 5.14. The van der Waals surface area contributed by atoms with Gasteiger partial charge in [-0.3, -0.25) is 14.7 Å². The molecule has 2 aromatic rings. The van der Waals surface area contributed by atoms with Crippen molar-refractivity contribution < 1.29 is 18.1 Å². The van der Waals surface area contributed by atoms with Gasteiger partial charge in [0.25, 0.3) is 5.69 Å². The van der Waals surface area contributed by atoms with Gasteiger partial charge >= 0.3 is 6.01 Å². The maximum Gasteiger partial charge on any atom is 0.316 e. The fourth-order valence-corrected chi connectivity index (χ4v) is 3.37. The van der Waals surface area contributed by atoms with Gasteiger partial charge in [0, 0.05) is 18.7 Å². The van der Waals surface area contributed by atoms with E-state index in [4.69, 9.17) is 4.74 Å². The zero-order valence-corrected chi connectivity index (χ0v) is 14.1. The van der Waals surface area contributed by atoms with E-state index in [0.29, 0.717) is 12.4 Å². The minimum absolute atomic E-state index is 0.0746. The van der Waals surface area contributed by atoms with E-state index in [1.807, 2.05) is 6.92 Å². The molecule has 2 rings (SSSR count). The van der Waals surface area contributed by atoms with Gasteiger partial charge in [0.05, 0.1) is 23.0 Å². The molecule has 0 aliphatic carbocycles. The molecule has 0 saturated heterocycles. The van der Waals surface area contributed by atoms with Crippen LogP contribution in [0.4, 0.5) is 5.69 Å². The van der Waals surface area contributed by atoms with Gasteiger partial charge in [0.1, 0.15) is 0 Å². The van der Waals surface area contributed by atoms with Gasteiger partial charge in [0.15, 0.2) is 5.82 Å². The summed E-state index contributed by atoms with van der Waals surface area (Å²) in [6.45, 7) is 3.99. The van der Waals surface area contributed by atoms with Gasteiger partial charge in [-0.05, 0) is 26.0 Å². The quantitative estimate of drug-likeness (QED) is 0.584. The zero-order chi connectivity index (χ0) is 17.9. The number of sulfonamides is 1. The van der Waals surface area contributed by atoms with E-state index >= 15 is 0 Å². The molecule has 0 aliphatic rings. The molecule has 0 saturated carbocycles. The summed E-state index contributed by atoms with van der Waals surface area (Å²) in [6.07, 6.45) is 0. The number of nitrogens with one attached hydrogen (secondary N) is 1. The highest BCUT2D eigenvalue weighted by Crippen LogP contribution is 2.20. The number of nitro benzene ring substituents is 1. The van der Waals surface area contributed by atoms with Gasteiger partial charge in [0.2, 0.25) is 10.0 Å². The molecule has 1 aromatic carbocycles. The summed E-state index contributed by atoms with van der Waals surface area (Å²) in [7, 11) is -2.42. The Labute approximate surface area is 138 Å². The molecule has 11 heteroatoms. The number of hydrogen-bond donors (Lipinski definition) is 1. The third-order valence-corrected chi connectivity index (χ3v) is 4.88. The van der Waals surface area contributed by atoms with E-state index in [1.54, 1.807) is 11.5 Å². The average Bonchev–Trinajstić information content (AvgIpc) is 2.97. The number of rotatable bonds is 7. The number of methoxy groups -OCH3 is 1. The highest BCUT2D eigenvalue weighted by atomic mass is 32.2. The van der Waals surface area contributed by atoms with Gasteiger partial charge in [-0.2, -0.15) is 0 Å². The monoisotopic (exact) mass is 355 g/mol. The first-order chi connectivity index (χ1) is 11.3. The highest BCUT2D eigenvalue weighted by molar-refractivity contribution is 7.89. The predicted octanol–water partition coefficient (Wildman–Crippen LogP) is 1.25. The summed E-state index contributed by atoms with van der Waals surface area (Å²) in [5.74, 6) is 0.403. The largest absolute Gasteiger partial charge is 0.467 e. The van der Waals surface area contributed by atoms with Crippen molar-refractivity contribution >= 4 is 15.7 Å². The van der Waals surface area contributed by atoms with E-state index < -0.39 is 21.0 Å². The number of non-ortho nitro benzene ring substituents is 1. The molecule has 0 amide bonds. The molecular weight excluding hydrogens is 338 g/mol. The Morgan fingerprint density at radius 1 is 1.33 bits per heavy atom. The first kappa shape index (κ1) is 17.8. The number of nitrogens with zero attached hydrogens (tertiary/aromatic N) is 4. The second-order valence-electron chi connectivity index (χ2n) is 4.88. The van der Waals surface area contributed by atoms with Crippen LogP contribution in [0.2, 0.25) is 0 Å². The van der Waals surface area contributed by atoms with Crippen molar-refractivity contribution in [2.45, 2.75) is 31.3 Å². The SMILES string of the molecule is CCn1c(OC)nnc1[C@@H](C)NS(=O)(=O)c1ccc([N+](=O)[O-])cc1. The minimum atomic E-state index is -3.87. The molecule has 1 aromatic heterocycles. The maximum atomic E-state index is 12.4. The molecule has 0 fully saturated rings. The number of nitro groups is 1. The molecule has 24 heavy (non-hydrogen) atoms. The summed E-state index contributed by atoms with van der Waals surface area (Å²) >= 11 is 0. The highest BCUT2D eigenvalue weighted by Gasteiger charge is 2.24. The maximum absolute atomic E-state index is 12.4. The van der Waals surface area contributed by atoms with E-state index in [-0.39, 0.29) is 16.6 Å². The van der Waals surface area contributed by atoms with Crippen molar-refractivity contribution in [1.82, 2.24) is 19.5 Å². The summed E-state index contributed by atoms with van der Waals surface area (Å²) < 4.78 is 34.0. The van der Waals surface area contributed by atoms with Crippen LogP contribution in [0.25, 0.3) is 0 Å². The number of hydrogen-bond acceptors (Lipinski definition) is 7. The van der Waals surface area contributed by atoms with Crippen molar-refractivity contribution in [3.05, 3.63) is 40.2 Å². The van der Waals surface area contributed by atoms with Crippen molar-refractivity contribution in [1.29, 1.82) is 0 Å². The van der Waals surface area contributed by atoms with E-state index in [2.05, 4.69) is 14.9 Å². The molecule has 0 aliphatic heterocycles. The first-order valence-corrected chi connectivity index (χ1v) is 8.52. The summed E-state index contributed by atoms with van der Waals surface area (Å²) in [5, 5.41) is 18.4. The second kappa shape index (κ2) is 6.93. The molecular formula is C13H17N5O5S. The summed E-state index contributed by atoms with van der Waals surface area (Å²) in [4.78, 5) is 9.97. The lowest BCUT2D eigenvalue weighted by molar-refractivity contribution is -0.384. The van der Waals surface area contributed by atoms with Gasteiger partial charge in [-0.25, -0.2) is 13.1 Å². The summed E-state index contributed by atoms with van der Waals surface area (Å²) in [6, 6.07) is 4.25. The molecule has 1 N–H and O–H groups in total. The lowest BCUT2D eigenvalue weighted by atomic mass is 10.3. The molecule has 0 radical (unpaired) electrons. The van der Waals surface area contributed by atoms with Gasteiger partial charge < -0.3 is 4.74 Å². The lowest BCUT2D eigenvalue weighted by Crippen LogP contribution is -2.29. The Balaban J connectivity index is 2.25. The molecule has 1 heterocycles. The third kappa shape index (κ3) is 3.51. The standard InChI is InChI=1S/C13H17N5O5S/c1-4-17-12(14-15-13(17)23-3)9(2)16-24(21,22)11-7-5-10(6-8-11)18(19)20/h5-9,16H,4H2,1-3H3/t9-/m1/s1. The molecule has 130 valence electrons. The molecule has 10 nitrogen and oxygen atoms in total. The van der Waals surface area contributed by atoms with Crippen LogP contribution in [0.5, 0.6) is 6.01 Å². The molecule has 0 bridgehead atoms. The molecule has 1 atom stereocenters. The molecule has 0 unspecified atom stereocenters. The van der Waals surface area contributed by atoms with E-state index in [1.165, 1.54) is 19.2 Å². The smallest absolute Gasteiger partial charge is 0.316 e. The van der Waals surface area contributed by atoms with Crippen LogP contribution >= 0.6 is 0 Å². The van der Waals surface area contributed by atoms with Crippen molar-refractivity contribution in [2.24, 2.45) is 0 Å². The molecule has 0 spiro atoms. The first-order valence-electron chi connectivity index (χ1n) is 7.04. The predicted molar refractivity (Wildman–Crippen MR) is 84.1 cm³/mol. The fraction of sp³-hybridized carbons (Fsp3) is 0.385. The van der Waals surface area contributed by atoms with E-state index in [0.717, 1.165) is 12.1 Å². The van der Waals surface area contributed by atoms with Crippen LogP contribution in [0, 0.1) is 10.1 Å². The van der Waals surface area contributed by atoms with Crippen LogP contribution in [0.3, 0.4) is 0 Å². The Morgan fingerprint density at radius 2 is 1.96 bits per heavy atom. The van der Waals surface area contributed by atoms with Crippen LogP contribution in [0.1, 0.15) is 25.7 Å². The van der Waals surface area contributed by atoms with Crippen LogP contribution < -0.4 is 9.46 Å². The Hall–Kier alpha value is -2.53. The zero-order valence-electron chi connectivity index (χ0n) is 13.3. The number of aromatic nitrogens is 3. The van der Waals surface area contributed by atoms with Crippen LogP contribution in [-0.4, -0.2) is 35.2 Å². The van der Waals surface area contributed by atoms with Crippen LogP contribution in [-0.2, 0) is 16.6 Å². The Bertz CT molecular complexity index is 831.